The lowest BCUT2D eigenvalue weighted by atomic mass is 9.98. The van der Waals surface area contributed by atoms with Crippen LogP contribution < -0.4 is 5.32 Å². The Balaban J connectivity index is 1.51. The molecule has 0 atom stereocenters. The first kappa shape index (κ1) is 17.9. The maximum absolute atomic E-state index is 13.3. The highest BCUT2D eigenvalue weighted by atomic mass is 19.1. The standard InChI is InChI=1S/C23H19FN2O2/c24-20-8-4-7-18(13-20)22(27)25-21-10-9-16-11-12-26(15-19(16)14-21)23(28)17-5-2-1-3-6-17/h1-10,13-14H,11-12,15H2,(H,25,27). The van der Waals surface area contributed by atoms with Crippen LogP contribution in [0.25, 0.3) is 0 Å². The molecule has 140 valence electrons. The SMILES string of the molecule is O=C(Nc1ccc2c(c1)CN(C(=O)c1ccccc1)CC2)c1cccc(F)c1. The van der Waals surface area contributed by atoms with E-state index in [1.165, 1.54) is 23.8 Å². The number of carbonyl (C=O) groups is 2. The van der Waals surface area contributed by atoms with Crippen molar-refractivity contribution in [1.29, 1.82) is 0 Å². The smallest absolute Gasteiger partial charge is 0.255 e. The van der Waals surface area contributed by atoms with E-state index in [1.807, 2.05) is 53.4 Å². The van der Waals surface area contributed by atoms with Crippen LogP contribution in [0, 0.1) is 5.82 Å². The molecule has 0 spiro atoms. The summed E-state index contributed by atoms with van der Waals surface area (Å²) in [6.07, 6.45) is 0.770. The topological polar surface area (TPSA) is 49.4 Å². The van der Waals surface area contributed by atoms with Gasteiger partial charge in [-0.1, -0.05) is 30.3 Å². The fourth-order valence-electron chi connectivity index (χ4n) is 3.40. The Morgan fingerprint density at radius 3 is 2.43 bits per heavy atom. The fraction of sp³-hybridized carbons (Fsp3) is 0.130. The van der Waals surface area contributed by atoms with Crippen molar-refractivity contribution < 1.29 is 14.0 Å². The molecule has 0 fully saturated rings. The number of benzene rings is 3. The van der Waals surface area contributed by atoms with Crippen LogP contribution in [-0.4, -0.2) is 23.3 Å². The first-order valence-corrected chi connectivity index (χ1v) is 9.13. The second-order valence-electron chi connectivity index (χ2n) is 6.79. The van der Waals surface area contributed by atoms with Gasteiger partial charge in [-0.05, 0) is 60.0 Å². The van der Waals surface area contributed by atoms with Gasteiger partial charge in [-0.25, -0.2) is 4.39 Å². The molecule has 2 amide bonds. The van der Waals surface area contributed by atoms with Gasteiger partial charge < -0.3 is 10.2 Å². The molecule has 3 aromatic rings. The number of rotatable bonds is 3. The van der Waals surface area contributed by atoms with Gasteiger partial charge >= 0.3 is 0 Å². The van der Waals surface area contributed by atoms with Crippen molar-refractivity contribution in [2.24, 2.45) is 0 Å². The van der Waals surface area contributed by atoms with Gasteiger partial charge in [0, 0.05) is 29.9 Å². The third-order valence-electron chi connectivity index (χ3n) is 4.87. The molecule has 0 saturated heterocycles. The normalized spacial score (nSPS) is 13.0. The van der Waals surface area contributed by atoms with Crippen molar-refractivity contribution in [1.82, 2.24) is 4.90 Å². The summed E-state index contributed by atoms with van der Waals surface area (Å²) in [6, 6.07) is 20.5. The molecule has 1 aliphatic rings. The summed E-state index contributed by atoms with van der Waals surface area (Å²) in [5.74, 6) is -0.818. The third kappa shape index (κ3) is 3.78. The maximum atomic E-state index is 13.3. The number of nitrogens with zero attached hydrogens (tertiary/aromatic N) is 1. The zero-order valence-electron chi connectivity index (χ0n) is 15.2. The van der Waals surface area contributed by atoms with E-state index >= 15 is 0 Å². The molecule has 0 saturated carbocycles. The number of hydrogen-bond donors (Lipinski definition) is 1. The van der Waals surface area contributed by atoms with E-state index in [2.05, 4.69) is 5.32 Å². The number of fused-ring (bicyclic) bond motifs is 1. The Hall–Kier alpha value is -3.47. The van der Waals surface area contributed by atoms with Crippen LogP contribution in [0.2, 0.25) is 0 Å². The second kappa shape index (κ2) is 7.64. The van der Waals surface area contributed by atoms with E-state index in [1.54, 1.807) is 6.07 Å². The number of amides is 2. The van der Waals surface area contributed by atoms with Gasteiger partial charge in [0.15, 0.2) is 0 Å². The molecule has 0 radical (unpaired) electrons. The van der Waals surface area contributed by atoms with Crippen LogP contribution in [0.1, 0.15) is 31.8 Å². The van der Waals surface area contributed by atoms with Gasteiger partial charge in [0.1, 0.15) is 5.82 Å². The van der Waals surface area contributed by atoms with Gasteiger partial charge in [-0.15, -0.1) is 0 Å². The van der Waals surface area contributed by atoms with Crippen LogP contribution in [-0.2, 0) is 13.0 Å². The van der Waals surface area contributed by atoms with Crippen molar-refractivity contribution in [3.63, 3.8) is 0 Å². The highest BCUT2D eigenvalue weighted by molar-refractivity contribution is 6.04. The van der Waals surface area contributed by atoms with E-state index in [4.69, 9.17) is 0 Å². The summed E-state index contributed by atoms with van der Waals surface area (Å²) in [5.41, 5.74) is 3.73. The van der Waals surface area contributed by atoms with Gasteiger partial charge in [0.25, 0.3) is 11.8 Å². The lowest BCUT2D eigenvalue weighted by Gasteiger charge is -2.29. The van der Waals surface area contributed by atoms with E-state index < -0.39 is 5.82 Å². The fourth-order valence-corrected chi connectivity index (χ4v) is 3.40. The van der Waals surface area contributed by atoms with E-state index in [0.717, 1.165) is 12.0 Å². The van der Waals surface area contributed by atoms with Gasteiger partial charge in [0.05, 0.1) is 0 Å². The average molecular weight is 374 g/mol. The largest absolute Gasteiger partial charge is 0.334 e. The predicted molar refractivity (Wildman–Crippen MR) is 106 cm³/mol. The molecule has 0 aliphatic carbocycles. The number of nitrogens with one attached hydrogen (secondary N) is 1. The zero-order chi connectivity index (χ0) is 19.5. The van der Waals surface area contributed by atoms with Gasteiger partial charge in [-0.2, -0.15) is 0 Å². The molecule has 5 heteroatoms. The Bertz CT molecular complexity index is 1030. The quantitative estimate of drug-likeness (QED) is 0.744. The van der Waals surface area contributed by atoms with Crippen LogP contribution >= 0.6 is 0 Å². The van der Waals surface area contributed by atoms with E-state index in [-0.39, 0.29) is 17.4 Å². The predicted octanol–water partition coefficient (Wildman–Crippen LogP) is 4.28. The van der Waals surface area contributed by atoms with Crippen molar-refractivity contribution in [2.45, 2.75) is 13.0 Å². The molecule has 1 N–H and O–H groups in total. The molecule has 28 heavy (non-hydrogen) atoms. The molecule has 1 heterocycles. The van der Waals surface area contributed by atoms with Crippen molar-refractivity contribution in [2.75, 3.05) is 11.9 Å². The Kier molecular flexibility index (Phi) is 4.89. The number of halogens is 1. The van der Waals surface area contributed by atoms with Crippen LogP contribution in [0.15, 0.2) is 72.8 Å². The Labute approximate surface area is 162 Å². The Morgan fingerprint density at radius 1 is 0.857 bits per heavy atom. The molecular weight excluding hydrogens is 355 g/mol. The minimum atomic E-state index is -0.451. The van der Waals surface area contributed by atoms with Crippen molar-refractivity contribution in [3.8, 4) is 0 Å². The van der Waals surface area contributed by atoms with Gasteiger partial charge in [-0.3, -0.25) is 9.59 Å². The Morgan fingerprint density at radius 2 is 1.64 bits per heavy atom. The average Bonchev–Trinajstić information content (AvgIpc) is 2.73. The summed E-state index contributed by atoms with van der Waals surface area (Å²) in [6.45, 7) is 1.16. The first-order valence-electron chi connectivity index (χ1n) is 9.13. The van der Waals surface area contributed by atoms with Crippen LogP contribution in [0.5, 0.6) is 0 Å². The molecule has 1 aliphatic heterocycles. The summed E-state index contributed by atoms with van der Waals surface area (Å²) in [5, 5.41) is 2.80. The van der Waals surface area contributed by atoms with Crippen LogP contribution in [0.4, 0.5) is 10.1 Å². The molecule has 4 nitrogen and oxygen atoms in total. The van der Waals surface area contributed by atoms with Crippen molar-refractivity contribution >= 4 is 17.5 Å². The second-order valence-corrected chi connectivity index (χ2v) is 6.79. The zero-order valence-corrected chi connectivity index (χ0v) is 15.2. The summed E-state index contributed by atoms with van der Waals surface area (Å²) >= 11 is 0. The number of hydrogen-bond acceptors (Lipinski definition) is 2. The van der Waals surface area contributed by atoms with Crippen LogP contribution in [0.3, 0.4) is 0 Å². The lowest BCUT2D eigenvalue weighted by Crippen LogP contribution is -2.36. The number of carbonyl (C=O) groups excluding carboxylic acids is 2. The molecule has 4 rings (SSSR count). The molecule has 0 unspecified atom stereocenters. The summed E-state index contributed by atoms with van der Waals surface area (Å²) in [7, 11) is 0. The minimum absolute atomic E-state index is 0.000416. The highest BCUT2D eigenvalue weighted by Crippen LogP contribution is 2.24. The van der Waals surface area contributed by atoms with Gasteiger partial charge in [0.2, 0.25) is 0 Å². The highest BCUT2D eigenvalue weighted by Gasteiger charge is 2.22. The maximum Gasteiger partial charge on any atom is 0.255 e. The molecule has 3 aromatic carbocycles. The van der Waals surface area contributed by atoms with Crippen molar-refractivity contribution in [3.05, 3.63) is 101 Å². The molecule has 0 bridgehead atoms. The number of anilines is 1. The minimum Gasteiger partial charge on any atom is -0.334 e. The summed E-state index contributed by atoms with van der Waals surface area (Å²) < 4.78 is 13.3. The monoisotopic (exact) mass is 374 g/mol. The lowest BCUT2D eigenvalue weighted by molar-refractivity contribution is 0.0734. The molecular formula is C23H19FN2O2. The third-order valence-corrected chi connectivity index (χ3v) is 4.87. The van der Waals surface area contributed by atoms with E-state index in [9.17, 15) is 14.0 Å². The summed E-state index contributed by atoms with van der Waals surface area (Å²) in [4.78, 5) is 26.9. The molecule has 0 aromatic heterocycles. The van der Waals surface area contributed by atoms with E-state index in [0.29, 0.717) is 24.3 Å². The first-order chi connectivity index (χ1) is 13.6.